The van der Waals surface area contributed by atoms with Crippen LogP contribution in [0.2, 0.25) is 0 Å². The number of amides is 1. The van der Waals surface area contributed by atoms with Crippen LogP contribution in [0.1, 0.15) is 57.1 Å². The molecule has 0 spiro atoms. The summed E-state index contributed by atoms with van der Waals surface area (Å²) in [5.74, 6) is 1.51. The molecule has 1 aromatic rings. The van der Waals surface area contributed by atoms with E-state index in [9.17, 15) is 4.79 Å². The average Bonchev–Trinajstić information content (AvgIpc) is 2.48. The normalized spacial score (nSPS) is 19.3. The molecule has 2 atom stereocenters. The van der Waals surface area contributed by atoms with E-state index < -0.39 is 0 Å². The van der Waals surface area contributed by atoms with Gasteiger partial charge in [-0.3, -0.25) is 4.79 Å². The van der Waals surface area contributed by atoms with E-state index in [1.54, 1.807) is 0 Å². The Labute approximate surface area is 129 Å². The molecule has 0 aromatic heterocycles. The lowest BCUT2D eigenvalue weighted by Crippen LogP contribution is -2.42. The molecule has 1 heterocycles. The number of carbonyl (C=O) groups excluding carboxylic acids is 1. The highest BCUT2D eigenvalue weighted by Gasteiger charge is 2.29. The number of benzene rings is 1. The second-order valence-corrected chi connectivity index (χ2v) is 6.73. The van der Waals surface area contributed by atoms with Crippen molar-refractivity contribution >= 4 is 5.91 Å². The van der Waals surface area contributed by atoms with E-state index in [-0.39, 0.29) is 5.92 Å². The van der Waals surface area contributed by atoms with Crippen molar-refractivity contribution in [2.24, 2.45) is 11.8 Å². The molecule has 0 bridgehead atoms. The van der Waals surface area contributed by atoms with Crippen LogP contribution in [-0.4, -0.2) is 23.9 Å². The van der Waals surface area contributed by atoms with Crippen LogP contribution in [0.4, 0.5) is 0 Å². The monoisotopic (exact) mass is 287 g/mol. The van der Waals surface area contributed by atoms with E-state index >= 15 is 0 Å². The molecule has 2 nitrogen and oxygen atoms in total. The fourth-order valence-electron chi connectivity index (χ4n) is 3.47. The van der Waals surface area contributed by atoms with Crippen molar-refractivity contribution in [2.75, 3.05) is 13.1 Å². The van der Waals surface area contributed by atoms with Crippen molar-refractivity contribution in [1.82, 2.24) is 4.90 Å². The fourth-order valence-corrected chi connectivity index (χ4v) is 3.47. The van der Waals surface area contributed by atoms with E-state index in [1.165, 1.54) is 11.1 Å². The minimum atomic E-state index is 0.0743. The highest BCUT2D eigenvalue weighted by Crippen LogP contribution is 2.31. The Morgan fingerprint density at radius 1 is 1.33 bits per heavy atom. The van der Waals surface area contributed by atoms with Crippen LogP contribution in [0.3, 0.4) is 0 Å². The molecule has 0 N–H and O–H groups in total. The molecule has 1 aliphatic heterocycles. The summed E-state index contributed by atoms with van der Waals surface area (Å²) in [4.78, 5) is 14.9. The molecule has 2 unspecified atom stereocenters. The molecule has 1 saturated heterocycles. The second kappa shape index (κ2) is 7.11. The number of likely N-dealkylation sites (tertiary alicyclic amines) is 1. The Morgan fingerprint density at radius 3 is 2.57 bits per heavy atom. The van der Waals surface area contributed by atoms with Gasteiger partial charge in [0.05, 0.1) is 0 Å². The Kier molecular flexibility index (Phi) is 5.44. The molecular weight excluding hydrogens is 258 g/mol. The number of carbonyl (C=O) groups is 1. The predicted octanol–water partition coefficient (Wildman–Crippen LogP) is 4.38. The van der Waals surface area contributed by atoms with Crippen LogP contribution in [0.25, 0.3) is 0 Å². The first-order chi connectivity index (χ1) is 10.0. The Bertz CT molecular complexity index is 474. The molecular formula is C19H29NO. The molecule has 1 aromatic carbocycles. The lowest BCUT2D eigenvalue weighted by molar-refractivity contribution is -0.137. The van der Waals surface area contributed by atoms with Gasteiger partial charge in [-0.25, -0.2) is 0 Å². The van der Waals surface area contributed by atoms with E-state index in [2.05, 4.69) is 56.9 Å². The van der Waals surface area contributed by atoms with Crippen molar-refractivity contribution in [1.29, 1.82) is 0 Å². The third-order valence-electron chi connectivity index (χ3n) is 5.00. The van der Waals surface area contributed by atoms with Crippen molar-refractivity contribution in [2.45, 2.75) is 52.9 Å². The summed E-state index contributed by atoms with van der Waals surface area (Å²) in [5.41, 5.74) is 2.58. The first kappa shape index (κ1) is 16.1. The van der Waals surface area contributed by atoms with Gasteiger partial charge in [0.2, 0.25) is 5.91 Å². The lowest BCUT2D eigenvalue weighted by atomic mass is 9.83. The zero-order valence-corrected chi connectivity index (χ0v) is 13.9. The third-order valence-corrected chi connectivity index (χ3v) is 5.00. The molecule has 2 heteroatoms. The van der Waals surface area contributed by atoms with Gasteiger partial charge in [0, 0.05) is 19.0 Å². The van der Waals surface area contributed by atoms with Gasteiger partial charge in [-0.05, 0) is 43.6 Å². The molecule has 1 amide bonds. The van der Waals surface area contributed by atoms with Crippen LogP contribution < -0.4 is 0 Å². The van der Waals surface area contributed by atoms with E-state index in [1.807, 2.05) is 0 Å². The van der Waals surface area contributed by atoms with Crippen LogP contribution in [-0.2, 0) is 4.79 Å². The summed E-state index contributed by atoms with van der Waals surface area (Å²) >= 11 is 0. The van der Waals surface area contributed by atoms with E-state index in [4.69, 9.17) is 0 Å². The maximum Gasteiger partial charge on any atom is 0.226 e. The molecule has 21 heavy (non-hydrogen) atoms. The quantitative estimate of drug-likeness (QED) is 0.804. The zero-order valence-electron chi connectivity index (χ0n) is 13.9. The zero-order chi connectivity index (χ0) is 15.4. The third kappa shape index (κ3) is 3.87. The second-order valence-electron chi connectivity index (χ2n) is 6.73. The minimum Gasteiger partial charge on any atom is -0.342 e. The number of nitrogens with zero attached hydrogens (tertiary/aromatic N) is 1. The molecule has 1 aliphatic rings. The summed E-state index contributed by atoms with van der Waals surface area (Å²) in [6.45, 7) is 10.6. The summed E-state index contributed by atoms with van der Waals surface area (Å²) in [6.07, 6.45) is 3.32. The molecule has 0 aliphatic carbocycles. The van der Waals surface area contributed by atoms with Gasteiger partial charge < -0.3 is 4.90 Å². The summed E-state index contributed by atoms with van der Waals surface area (Å²) in [6, 6.07) is 8.63. The van der Waals surface area contributed by atoms with Gasteiger partial charge >= 0.3 is 0 Å². The summed E-state index contributed by atoms with van der Waals surface area (Å²) in [7, 11) is 0. The maximum atomic E-state index is 12.8. The molecule has 0 saturated carbocycles. The van der Waals surface area contributed by atoms with Gasteiger partial charge in [0.1, 0.15) is 0 Å². The fraction of sp³-hybridized carbons (Fsp3) is 0.632. The average molecular weight is 287 g/mol. The van der Waals surface area contributed by atoms with Gasteiger partial charge in [-0.2, -0.15) is 0 Å². The number of hydrogen-bond acceptors (Lipinski definition) is 1. The minimum absolute atomic E-state index is 0.0743. The summed E-state index contributed by atoms with van der Waals surface area (Å²) < 4.78 is 0. The van der Waals surface area contributed by atoms with Gasteiger partial charge in [-0.15, -0.1) is 0 Å². The van der Waals surface area contributed by atoms with Crippen molar-refractivity contribution in [3.63, 3.8) is 0 Å². The van der Waals surface area contributed by atoms with Crippen LogP contribution in [0.5, 0.6) is 0 Å². The SMILES string of the molecule is CCC(c1cccc(C)c1)C(C)C(=O)N1CCC(C)CC1. The largest absolute Gasteiger partial charge is 0.342 e. The Hall–Kier alpha value is -1.31. The maximum absolute atomic E-state index is 12.8. The first-order valence-electron chi connectivity index (χ1n) is 8.38. The van der Waals surface area contributed by atoms with Crippen molar-refractivity contribution in [3.05, 3.63) is 35.4 Å². The van der Waals surface area contributed by atoms with Gasteiger partial charge in [0.15, 0.2) is 0 Å². The highest BCUT2D eigenvalue weighted by atomic mass is 16.2. The topological polar surface area (TPSA) is 20.3 Å². The Balaban J connectivity index is 2.09. The van der Waals surface area contributed by atoms with E-state index in [0.29, 0.717) is 11.8 Å². The van der Waals surface area contributed by atoms with Crippen LogP contribution in [0, 0.1) is 18.8 Å². The number of rotatable bonds is 4. The lowest BCUT2D eigenvalue weighted by Gasteiger charge is -2.34. The predicted molar refractivity (Wildman–Crippen MR) is 88.4 cm³/mol. The molecule has 2 rings (SSSR count). The number of aryl methyl sites for hydroxylation is 1. The standard InChI is InChI=1S/C19H29NO/c1-5-18(17-8-6-7-15(3)13-17)16(4)19(21)20-11-9-14(2)10-12-20/h6-8,13-14,16,18H,5,9-12H2,1-4H3. The van der Waals surface area contributed by atoms with Crippen molar-refractivity contribution in [3.8, 4) is 0 Å². The van der Waals surface area contributed by atoms with Crippen LogP contribution >= 0.6 is 0 Å². The van der Waals surface area contributed by atoms with Gasteiger partial charge in [-0.1, -0.05) is 50.6 Å². The van der Waals surface area contributed by atoms with Crippen LogP contribution in [0.15, 0.2) is 24.3 Å². The molecule has 116 valence electrons. The number of hydrogen-bond donors (Lipinski definition) is 0. The molecule has 0 radical (unpaired) electrons. The van der Waals surface area contributed by atoms with E-state index in [0.717, 1.165) is 38.3 Å². The summed E-state index contributed by atoms with van der Waals surface area (Å²) in [5, 5.41) is 0. The van der Waals surface area contributed by atoms with Gasteiger partial charge in [0.25, 0.3) is 0 Å². The number of piperidine rings is 1. The molecule has 1 fully saturated rings. The van der Waals surface area contributed by atoms with Crippen molar-refractivity contribution < 1.29 is 4.79 Å². The smallest absolute Gasteiger partial charge is 0.226 e. The highest BCUT2D eigenvalue weighted by molar-refractivity contribution is 5.79. The Morgan fingerprint density at radius 2 is 2.00 bits per heavy atom. The first-order valence-corrected chi connectivity index (χ1v) is 8.38.